The van der Waals surface area contributed by atoms with Crippen LogP contribution in [0.5, 0.6) is 0 Å². The highest BCUT2D eigenvalue weighted by molar-refractivity contribution is 5.76. The van der Waals surface area contributed by atoms with Crippen LogP contribution in [-0.4, -0.2) is 48.0 Å². The molecule has 2 rings (SSSR count). The van der Waals surface area contributed by atoms with Crippen LogP contribution in [0.3, 0.4) is 0 Å². The first-order chi connectivity index (χ1) is 11.6. The van der Waals surface area contributed by atoms with Crippen LogP contribution >= 0.6 is 0 Å². The Hall–Kier alpha value is -2.47. The van der Waals surface area contributed by atoms with Gasteiger partial charge in [0, 0.05) is 31.9 Å². The minimum absolute atomic E-state index is 0.0115. The molecule has 0 aliphatic heterocycles. The van der Waals surface area contributed by atoms with Gasteiger partial charge in [-0.15, -0.1) is 0 Å². The molecule has 0 saturated carbocycles. The summed E-state index contributed by atoms with van der Waals surface area (Å²) >= 11 is 0. The van der Waals surface area contributed by atoms with E-state index in [9.17, 15) is 4.79 Å². The van der Waals surface area contributed by atoms with E-state index < -0.39 is 0 Å². The molecule has 0 unspecified atom stereocenters. The second-order valence-corrected chi connectivity index (χ2v) is 5.94. The van der Waals surface area contributed by atoms with Crippen LogP contribution in [0.25, 0.3) is 0 Å². The van der Waals surface area contributed by atoms with E-state index in [2.05, 4.69) is 56.7 Å². The second kappa shape index (κ2) is 8.98. The van der Waals surface area contributed by atoms with Crippen molar-refractivity contribution in [1.29, 1.82) is 0 Å². The Kier molecular flexibility index (Phi) is 6.69. The van der Waals surface area contributed by atoms with Gasteiger partial charge in [-0.25, -0.2) is 9.97 Å². The summed E-state index contributed by atoms with van der Waals surface area (Å²) in [7, 11) is 4.04. The van der Waals surface area contributed by atoms with Gasteiger partial charge in [-0.1, -0.05) is 29.8 Å². The SMILES string of the molecule is Cc1ccc([C@H](CNC(=O)CCNc2ncccn2)N(C)C)cc1. The molecule has 2 N–H and O–H groups in total. The molecule has 1 atom stereocenters. The van der Waals surface area contributed by atoms with E-state index in [0.717, 1.165) is 0 Å². The van der Waals surface area contributed by atoms with Crippen molar-refractivity contribution in [2.24, 2.45) is 0 Å². The van der Waals surface area contributed by atoms with Crippen molar-refractivity contribution in [1.82, 2.24) is 20.2 Å². The summed E-state index contributed by atoms with van der Waals surface area (Å²) in [6, 6.07) is 10.3. The Morgan fingerprint density at radius 2 is 1.83 bits per heavy atom. The number of anilines is 1. The summed E-state index contributed by atoms with van der Waals surface area (Å²) in [6.07, 6.45) is 3.71. The van der Waals surface area contributed by atoms with Gasteiger partial charge in [0.05, 0.1) is 6.04 Å². The number of rotatable bonds is 8. The van der Waals surface area contributed by atoms with Gasteiger partial charge < -0.3 is 15.5 Å². The lowest BCUT2D eigenvalue weighted by Crippen LogP contribution is -2.35. The third kappa shape index (κ3) is 5.62. The van der Waals surface area contributed by atoms with Crippen molar-refractivity contribution in [3.05, 3.63) is 53.9 Å². The number of hydrogen-bond acceptors (Lipinski definition) is 5. The maximum atomic E-state index is 12.0. The lowest BCUT2D eigenvalue weighted by atomic mass is 10.0. The van der Waals surface area contributed by atoms with Gasteiger partial charge in [0.15, 0.2) is 0 Å². The molecule has 1 aromatic carbocycles. The van der Waals surface area contributed by atoms with Gasteiger partial charge in [-0.3, -0.25) is 4.79 Å². The standard InChI is InChI=1S/C18H25N5O/c1-14-5-7-15(8-6-14)16(23(2)3)13-22-17(24)9-12-21-18-19-10-4-11-20-18/h4-8,10-11,16H,9,12-13H2,1-3H3,(H,22,24)(H,19,20,21)/t16-/m0/s1. The van der Waals surface area contributed by atoms with Gasteiger partial charge >= 0.3 is 0 Å². The molecule has 2 aromatic rings. The third-order valence-corrected chi connectivity index (χ3v) is 3.78. The Balaban J connectivity index is 1.79. The van der Waals surface area contributed by atoms with Crippen LogP contribution in [0.4, 0.5) is 5.95 Å². The largest absolute Gasteiger partial charge is 0.354 e. The average molecular weight is 327 g/mol. The fourth-order valence-electron chi connectivity index (χ4n) is 2.36. The zero-order valence-electron chi connectivity index (χ0n) is 14.5. The number of nitrogens with zero attached hydrogens (tertiary/aromatic N) is 3. The van der Waals surface area contributed by atoms with Crippen molar-refractivity contribution in [3.8, 4) is 0 Å². The number of carbonyl (C=O) groups is 1. The number of hydrogen-bond donors (Lipinski definition) is 2. The fourth-order valence-corrected chi connectivity index (χ4v) is 2.36. The molecular weight excluding hydrogens is 302 g/mol. The fraction of sp³-hybridized carbons (Fsp3) is 0.389. The molecule has 1 aromatic heterocycles. The zero-order valence-corrected chi connectivity index (χ0v) is 14.5. The van der Waals surface area contributed by atoms with E-state index in [-0.39, 0.29) is 11.9 Å². The molecule has 0 aliphatic rings. The predicted molar refractivity (Wildman–Crippen MR) is 95.8 cm³/mol. The number of aryl methyl sites for hydroxylation is 1. The molecule has 1 heterocycles. The highest BCUT2D eigenvalue weighted by Crippen LogP contribution is 2.17. The quantitative estimate of drug-likeness (QED) is 0.776. The van der Waals surface area contributed by atoms with Crippen molar-refractivity contribution in [3.63, 3.8) is 0 Å². The molecule has 0 fully saturated rings. The molecule has 6 nitrogen and oxygen atoms in total. The number of nitrogens with one attached hydrogen (secondary N) is 2. The van der Waals surface area contributed by atoms with E-state index in [1.807, 2.05) is 14.1 Å². The maximum Gasteiger partial charge on any atom is 0.222 e. The third-order valence-electron chi connectivity index (χ3n) is 3.78. The minimum Gasteiger partial charge on any atom is -0.354 e. The topological polar surface area (TPSA) is 70.1 Å². The molecule has 0 radical (unpaired) electrons. The van der Waals surface area contributed by atoms with Crippen molar-refractivity contribution in [2.75, 3.05) is 32.5 Å². The second-order valence-electron chi connectivity index (χ2n) is 5.94. The van der Waals surface area contributed by atoms with Crippen LogP contribution in [0.1, 0.15) is 23.6 Å². The molecular formula is C18H25N5O. The first kappa shape index (κ1) is 17.9. The number of aromatic nitrogens is 2. The minimum atomic E-state index is 0.0115. The van der Waals surface area contributed by atoms with Crippen molar-refractivity contribution < 1.29 is 4.79 Å². The lowest BCUT2D eigenvalue weighted by Gasteiger charge is -2.25. The molecule has 128 valence electrons. The van der Waals surface area contributed by atoms with E-state index >= 15 is 0 Å². The average Bonchev–Trinajstić information content (AvgIpc) is 2.57. The Bertz CT molecular complexity index is 628. The van der Waals surface area contributed by atoms with Gasteiger partial charge in [0.1, 0.15) is 0 Å². The van der Waals surface area contributed by atoms with Crippen LogP contribution in [-0.2, 0) is 4.79 Å². The molecule has 24 heavy (non-hydrogen) atoms. The van der Waals surface area contributed by atoms with Crippen LogP contribution in [0.15, 0.2) is 42.7 Å². The molecule has 0 bridgehead atoms. The van der Waals surface area contributed by atoms with Crippen LogP contribution in [0.2, 0.25) is 0 Å². The summed E-state index contributed by atoms with van der Waals surface area (Å²) in [5.41, 5.74) is 2.43. The van der Waals surface area contributed by atoms with Crippen LogP contribution < -0.4 is 10.6 Å². The van der Waals surface area contributed by atoms with E-state index in [4.69, 9.17) is 0 Å². The number of carbonyl (C=O) groups excluding carboxylic acids is 1. The number of likely N-dealkylation sites (N-methyl/N-ethyl adjacent to an activating group) is 1. The molecule has 0 saturated heterocycles. The first-order valence-corrected chi connectivity index (χ1v) is 8.07. The first-order valence-electron chi connectivity index (χ1n) is 8.07. The number of amides is 1. The van der Waals surface area contributed by atoms with E-state index in [0.29, 0.717) is 25.5 Å². The van der Waals surface area contributed by atoms with Gasteiger partial charge in [-0.05, 0) is 32.6 Å². The van der Waals surface area contributed by atoms with Crippen molar-refractivity contribution >= 4 is 11.9 Å². The predicted octanol–water partition coefficient (Wildman–Crippen LogP) is 2.01. The van der Waals surface area contributed by atoms with E-state index in [1.54, 1.807) is 18.5 Å². The summed E-state index contributed by atoms with van der Waals surface area (Å²) in [5, 5.41) is 6.03. The monoisotopic (exact) mass is 327 g/mol. The van der Waals surface area contributed by atoms with Gasteiger partial charge in [-0.2, -0.15) is 0 Å². The van der Waals surface area contributed by atoms with Crippen molar-refractivity contribution in [2.45, 2.75) is 19.4 Å². The smallest absolute Gasteiger partial charge is 0.222 e. The summed E-state index contributed by atoms with van der Waals surface area (Å²) in [5.74, 6) is 0.550. The highest BCUT2D eigenvalue weighted by Gasteiger charge is 2.15. The maximum absolute atomic E-state index is 12.0. The van der Waals surface area contributed by atoms with E-state index in [1.165, 1.54) is 11.1 Å². The van der Waals surface area contributed by atoms with Gasteiger partial charge in [0.25, 0.3) is 0 Å². The normalized spacial score (nSPS) is 12.0. The summed E-state index contributed by atoms with van der Waals surface area (Å²) < 4.78 is 0. The molecule has 1 amide bonds. The van der Waals surface area contributed by atoms with Gasteiger partial charge in [0.2, 0.25) is 11.9 Å². The Labute approximate surface area is 143 Å². The molecule has 0 spiro atoms. The Morgan fingerprint density at radius 3 is 2.46 bits per heavy atom. The number of benzene rings is 1. The van der Waals surface area contributed by atoms with Crippen LogP contribution in [0, 0.1) is 6.92 Å². The zero-order chi connectivity index (χ0) is 17.4. The Morgan fingerprint density at radius 1 is 1.17 bits per heavy atom. The lowest BCUT2D eigenvalue weighted by molar-refractivity contribution is -0.121. The molecule has 0 aliphatic carbocycles. The molecule has 6 heteroatoms. The summed E-state index contributed by atoms with van der Waals surface area (Å²) in [4.78, 5) is 22.3. The summed E-state index contributed by atoms with van der Waals surface area (Å²) in [6.45, 7) is 3.16. The highest BCUT2D eigenvalue weighted by atomic mass is 16.1.